The van der Waals surface area contributed by atoms with Gasteiger partial charge in [-0.2, -0.15) is 0 Å². The maximum Gasteiger partial charge on any atom is 0.0568 e. The Morgan fingerprint density at radius 3 is 2.41 bits per heavy atom. The number of nitrogens with zero attached hydrogens (tertiary/aromatic N) is 1. The van der Waals surface area contributed by atoms with Crippen LogP contribution in [0.1, 0.15) is 20.3 Å². The smallest absolute Gasteiger partial charge is 0.0568 e. The Hall–Kier alpha value is -1.42. The van der Waals surface area contributed by atoms with E-state index in [1.165, 1.54) is 0 Å². The summed E-state index contributed by atoms with van der Waals surface area (Å²) >= 11 is 0. The molecule has 4 heteroatoms. The van der Waals surface area contributed by atoms with E-state index in [1.807, 2.05) is 18.2 Å². The van der Waals surface area contributed by atoms with Gasteiger partial charge in [-0.3, -0.25) is 0 Å². The van der Waals surface area contributed by atoms with E-state index in [0.717, 1.165) is 38.3 Å². The molecular weight excluding hydrogens is 212 g/mol. The Morgan fingerprint density at radius 2 is 1.82 bits per heavy atom. The van der Waals surface area contributed by atoms with Gasteiger partial charge in [0.05, 0.1) is 11.4 Å². The maximum absolute atomic E-state index is 5.74. The summed E-state index contributed by atoms with van der Waals surface area (Å²) in [6.45, 7) is 8.70. The van der Waals surface area contributed by atoms with Crippen molar-refractivity contribution in [3.63, 3.8) is 0 Å². The minimum Gasteiger partial charge on any atom is -0.397 e. The molecule has 0 aromatic heterocycles. The van der Waals surface area contributed by atoms with E-state index in [0.29, 0.717) is 11.4 Å². The normalized spacial score (nSPS) is 10.8. The molecule has 0 saturated heterocycles. The van der Waals surface area contributed by atoms with Crippen LogP contribution in [-0.4, -0.2) is 31.1 Å². The summed E-state index contributed by atoms with van der Waals surface area (Å²) in [6.07, 6.45) is 1.13. The van der Waals surface area contributed by atoms with Gasteiger partial charge in [-0.25, -0.2) is 0 Å². The number of nitrogen functional groups attached to an aromatic ring is 2. The van der Waals surface area contributed by atoms with Gasteiger partial charge in [0, 0.05) is 12.2 Å². The van der Waals surface area contributed by atoms with Crippen LogP contribution in [0, 0.1) is 0 Å². The highest BCUT2D eigenvalue weighted by molar-refractivity contribution is 5.69. The number of nitrogens with two attached hydrogens (primary N) is 2. The quantitative estimate of drug-likeness (QED) is 0.500. The van der Waals surface area contributed by atoms with Gasteiger partial charge in [0.2, 0.25) is 0 Å². The Balaban J connectivity index is 2.28. The Labute approximate surface area is 104 Å². The number of hydrogen-bond donors (Lipinski definition) is 3. The molecule has 0 unspecified atom stereocenters. The summed E-state index contributed by atoms with van der Waals surface area (Å²) in [5.74, 6) is 0. The molecule has 1 aromatic rings. The Bertz CT molecular complexity index is 334. The zero-order chi connectivity index (χ0) is 12.7. The van der Waals surface area contributed by atoms with Crippen LogP contribution in [0.4, 0.5) is 17.1 Å². The zero-order valence-corrected chi connectivity index (χ0v) is 10.9. The molecule has 96 valence electrons. The van der Waals surface area contributed by atoms with Crippen LogP contribution in [0.3, 0.4) is 0 Å². The van der Waals surface area contributed by atoms with Crippen molar-refractivity contribution in [1.82, 2.24) is 4.90 Å². The monoisotopic (exact) mass is 236 g/mol. The number of rotatable bonds is 7. The maximum atomic E-state index is 5.74. The lowest BCUT2D eigenvalue weighted by Gasteiger charge is -2.18. The van der Waals surface area contributed by atoms with Crippen LogP contribution in [0.5, 0.6) is 0 Å². The van der Waals surface area contributed by atoms with Gasteiger partial charge in [0.25, 0.3) is 0 Å². The summed E-state index contributed by atoms with van der Waals surface area (Å²) in [5.41, 5.74) is 13.7. The molecule has 1 aromatic carbocycles. The zero-order valence-electron chi connectivity index (χ0n) is 10.9. The minimum absolute atomic E-state index is 0.638. The van der Waals surface area contributed by atoms with Crippen LogP contribution in [0.15, 0.2) is 18.2 Å². The van der Waals surface area contributed by atoms with Crippen LogP contribution < -0.4 is 16.8 Å². The first-order chi connectivity index (χ1) is 8.17. The van der Waals surface area contributed by atoms with E-state index in [9.17, 15) is 0 Å². The highest BCUT2D eigenvalue weighted by Crippen LogP contribution is 2.19. The van der Waals surface area contributed by atoms with E-state index in [4.69, 9.17) is 11.5 Å². The predicted molar refractivity (Wildman–Crippen MR) is 76.2 cm³/mol. The molecular formula is C13H24N4. The predicted octanol–water partition coefficient (Wildman–Crippen LogP) is 1.99. The third kappa shape index (κ3) is 4.53. The average Bonchev–Trinajstić information content (AvgIpc) is 2.34. The van der Waals surface area contributed by atoms with Crippen LogP contribution in [0.25, 0.3) is 0 Å². The van der Waals surface area contributed by atoms with Crippen LogP contribution in [-0.2, 0) is 0 Å². The Morgan fingerprint density at radius 1 is 1.12 bits per heavy atom. The molecule has 0 aliphatic rings. The highest BCUT2D eigenvalue weighted by atomic mass is 15.1. The summed E-state index contributed by atoms with van der Waals surface area (Å²) < 4.78 is 0. The van der Waals surface area contributed by atoms with Gasteiger partial charge in [0.15, 0.2) is 0 Å². The van der Waals surface area contributed by atoms with Crippen LogP contribution in [0.2, 0.25) is 0 Å². The molecule has 0 bridgehead atoms. The second-order valence-electron chi connectivity index (χ2n) is 4.15. The van der Waals surface area contributed by atoms with Crippen molar-refractivity contribution >= 4 is 17.1 Å². The Kier molecular flexibility index (Phi) is 5.63. The van der Waals surface area contributed by atoms with Crippen molar-refractivity contribution in [1.29, 1.82) is 0 Å². The highest BCUT2D eigenvalue weighted by Gasteiger charge is 1.99. The fourth-order valence-corrected chi connectivity index (χ4v) is 1.76. The van der Waals surface area contributed by atoms with E-state index in [-0.39, 0.29) is 0 Å². The van der Waals surface area contributed by atoms with Crippen molar-refractivity contribution in [2.24, 2.45) is 0 Å². The van der Waals surface area contributed by atoms with E-state index in [1.54, 1.807) is 0 Å². The van der Waals surface area contributed by atoms with E-state index < -0.39 is 0 Å². The fourth-order valence-electron chi connectivity index (χ4n) is 1.76. The first-order valence-electron chi connectivity index (χ1n) is 6.28. The van der Waals surface area contributed by atoms with Gasteiger partial charge in [-0.1, -0.05) is 13.8 Å². The molecule has 17 heavy (non-hydrogen) atoms. The van der Waals surface area contributed by atoms with Crippen LogP contribution >= 0.6 is 0 Å². The fraction of sp³-hybridized carbons (Fsp3) is 0.538. The summed E-state index contributed by atoms with van der Waals surface area (Å²) in [4.78, 5) is 2.42. The van der Waals surface area contributed by atoms with Crippen molar-refractivity contribution in [3.05, 3.63) is 18.2 Å². The number of benzene rings is 1. The second-order valence-corrected chi connectivity index (χ2v) is 4.15. The molecule has 0 aliphatic carbocycles. The molecule has 5 N–H and O–H groups in total. The van der Waals surface area contributed by atoms with Crippen molar-refractivity contribution < 1.29 is 0 Å². The van der Waals surface area contributed by atoms with Crippen molar-refractivity contribution in [3.8, 4) is 0 Å². The minimum atomic E-state index is 0.638. The number of nitrogens with one attached hydrogen (secondary N) is 1. The van der Waals surface area contributed by atoms with Gasteiger partial charge < -0.3 is 21.7 Å². The number of hydrogen-bond acceptors (Lipinski definition) is 4. The molecule has 4 nitrogen and oxygen atoms in total. The molecule has 0 aliphatic heterocycles. The number of anilines is 3. The largest absolute Gasteiger partial charge is 0.397 e. The van der Waals surface area contributed by atoms with Gasteiger partial charge >= 0.3 is 0 Å². The molecule has 0 atom stereocenters. The van der Waals surface area contributed by atoms with E-state index >= 15 is 0 Å². The third-order valence-electron chi connectivity index (χ3n) is 2.96. The topological polar surface area (TPSA) is 67.3 Å². The molecule has 0 saturated carbocycles. The molecule has 0 fully saturated rings. The lowest BCUT2D eigenvalue weighted by Crippen LogP contribution is -2.25. The molecule has 0 amide bonds. The third-order valence-corrected chi connectivity index (χ3v) is 2.96. The molecule has 0 heterocycles. The van der Waals surface area contributed by atoms with Crippen molar-refractivity contribution in [2.75, 3.05) is 43.0 Å². The average molecular weight is 236 g/mol. The van der Waals surface area contributed by atoms with Gasteiger partial charge in [0.1, 0.15) is 0 Å². The van der Waals surface area contributed by atoms with E-state index in [2.05, 4.69) is 24.1 Å². The SMILES string of the molecule is CCN(CC)CCCNc1ccc(N)c(N)c1. The first-order valence-corrected chi connectivity index (χ1v) is 6.28. The summed E-state index contributed by atoms with van der Waals surface area (Å²) in [7, 11) is 0. The molecule has 1 rings (SSSR count). The molecule has 0 spiro atoms. The molecule has 0 radical (unpaired) electrons. The standard InChI is InChI=1S/C13H24N4/c1-3-17(4-2)9-5-8-16-11-6-7-12(14)13(15)10-11/h6-7,10,16H,3-5,8-9,14-15H2,1-2H3. The second kappa shape index (κ2) is 7.01. The summed E-state index contributed by atoms with van der Waals surface area (Å²) in [6, 6.07) is 5.68. The summed E-state index contributed by atoms with van der Waals surface area (Å²) in [5, 5.41) is 3.35. The van der Waals surface area contributed by atoms with Crippen molar-refractivity contribution in [2.45, 2.75) is 20.3 Å². The van der Waals surface area contributed by atoms with Gasteiger partial charge in [-0.05, 0) is 44.3 Å². The van der Waals surface area contributed by atoms with Gasteiger partial charge in [-0.15, -0.1) is 0 Å². The lowest BCUT2D eigenvalue weighted by molar-refractivity contribution is 0.303. The first kappa shape index (κ1) is 13.6. The lowest BCUT2D eigenvalue weighted by atomic mass is 10.2.